The molecule has 2 aromatic heterocycles. The third-order valence-electron chi connectivity index (χ3n) is 4.31. The molecular weight excluding hydrogens is 360 g/mol. The van der Waals surface area contributed by atoms with Crippen LogP contribution in [0.2, 0.25) is 0 Å². The fourth-order valence-corrected chi connectivity index (χ4v) is 3.62. The first-order valence-corrected chi connectivity index (χ1v) is 9.60. The molecular formula is C20H20N4O2S. The van der Waals surface area contributed by atoms with E-state index in [9.17, 15) is 0 Å². The summed E-state index contributed by atoms with van der Waals surface area (Å²) >= 11 is 1.63. The number of fused-ring (bicyclic) bond motifs is 1. The van der Waals surface area contributed by atoms with Gasteiger partial charge in [0.2, 0.25) is 0 Å². The smallest absolute Gasteiger partial charge is 0.191 e. The number of aromatic amines is 1. The summed E-state index contributed by atoms with van der Waals surface area (Å²) in [5.41, 5.74) is 2.15. The van der Waals surface area contributed by atoms with E-state index in [2.05, 4.69) is 27.3 Å². The molecule has 4 rings (SSSR count). The van der Waals surface area contributed by atoms with Gasteiger partial charge in [0.25, 0.3) is 0 Å². The summed E-state index contributed by atoms with van der Waals surface area (Å²) in [6.45, 7) is 0.590. The van der Waals surface area contributed by atoms with Gasteiger partial charge in [0.1, 0.15) is 11.5 Å². The summed E-state index contributed by atoms with van der Waals surface area (Å²) in [5, 5.41) is 10.7. The van der Waals surface area contributed by atoms with Gasteiger partial charge in [-0.05, 0) is 30.3 Å². The molecule has 0 atom stereocenters. The maximum Gasteiger partial charge on any atom is 0.191 e. The summed E-state index contributed by atoms with van der Waals surface area (Å²) in [4.78, 5) is 3.28. The number of para-hydroxylation sites is 1. The standard InChI is InChI=1S/C20H20N4O2S/c1-24-19(17-13-21-18-6-4-3-5-16(17)18)22-23-20(24)27-12-11-26-15-9-7-14(25-2)8-10-15/h3-10,13,21H,11-12H2,1-2H3. The predicted molar refractivity (Wildman–Crippen MR) is 108 cm³/mol. The van der Waals surface area contributed by atoms with Crippen LogP contribution in [0.25, 0.3) is 22.3 Å². The largest absolute Gasteiger partial charge is 0.497 e. The lowest BCUT2D eigenvalue weighted by Crippen LogP contribution is -2.02. The van der Waals surface area contributed by atoms with Crippen molar-refractivity contribution in [2.75, 3.05) is 19.5 Å². The van der Waals surface area contributed by atoms with Gasteiger partial charge in [-0.15, -0.1) is 10.2 Å². The van der Waals surface area contributed by atoms with E-state index in [1.807, 2.05) is 54.2 Å². The zero-order chi connectivity index (χ0) is 18.6. The molecule has 2 heterocycles. The van der Waals surface area contributed by atoms with Crippen molar-refractivity contribution in [2.45, 2.75) is 5.16 Å². The Kier molecular flexibility index (Phi) is 5.02. The van der Waals surface area contributed by atoms with E-state index in [4.69, 9.17) is 9.47 Å². The van der Waals surface area contributed by atoms with Crippen molar-refractivity contribution in [2.24, 2.45) is 7.05 Å². The number of rotatable bonds is 7. The molecule has 0 aliphatic carbocycles. The summed E-state index contributed by atoms with van der Waals surface area (Å²) < 4.78 is 12.9. The number of H-pyrrole nitrogens is 1. The minimum Gasteiger partial charge on any atom is -0.497 e. The first kappa shape index (κ1) is 17.5. The molecule has 0 fully saturated rings. The molecule has 0 bridgehead atoms. The fourth-order valence-electron chi connectivity index (χ4n) is 2.90. The molecule has 0 amide bonds. The monoisotopic (exact) mass is 380 g/mol. The van der Waals surface area contributed by atoms with Gasteiger partial charge in [0, 0.05) is 35.5 Å². The normalized spacial score (nSPS) is 11.0. The van der Waals surface area contributed by atoms with Crippen LogP contribution in [-0.2, 0) is 7.05 Å². The molecule has 2 aromatic carbocycles. The lowest BCUT2D eigenvalue weighted by atomic mass is 10.1. The van der Waals surface area contributed by atoms with Crippen LogP contribution in [0.5, 0.6) is 11.5 Å². The second kappa shape index (κ2) is 7.75. The molecule has 6 nitrogen and oxygen atoms in total. The number of nitrogens with one attached hydrogen (secondary N) is 1. The van der Waals surface area contributed by atoms with Crippen LogP contribution in [0.3, 0.4) is 0 Å². The number of nitrogens with zero attached hydrogens (tertiary/aromatic N) is 3. The second-order valence-corrected chi connectivity index (χ2v) is 7.05. The van der Waals surface area contributed by atoms with Crippen LogP contribution in [-0.4, -0.2) is 39.2 Å². The molecule has 0 unspecified atom stereocenters. The minimum absolute atomic E-state index is 0.590. The van der Waals surface area contributed by atoms with Crippen LogP contribution in [0.1, 0.15) is 0 Å². The molecule has 0 spiro atoms. The maximum absolute atomic E-state index is 5.76. The van der Waals surface area contributed by atoms with Gasteiger partial charge in [-0.25, -0.2) is 0 Å². The zero-order valence-electron chi connectivity index (χ0n) is 15.2. The van der Waals surface area contributed by atoms with Crippen molar-refractivity contribution in [1.29, 1.82) is 0 Å². The highest BCUT2D eigenvalue weighted by Gasteiger charge is 2.14. The first-order chi connectivity index (χ1) is 13.3. The number of ether oxygens (including phenoxy) is 2. The predicted octanol–water partition coefficient (Wildman–Crippen LogP) is 4.14. The first-order valence-electron chi connectivity index (χ1n) is 8.62. The summed E-state index contributed by atoms with van der Waals surface area (Å²) in [5.74, 6) is 3.28. The number of hydrogen-bond donors (Lipinski definition) is 1. The van der Waals surface area contributed by atoms with Gasteiger partial charge < -0.3 is 19.0 Å². The SMILES string of the molecule is COc1ccc(OCCSc2nnc(-c3c[nH]c4ccccc34)n2C)cc1. The molecule has 0 saturated heterocycles. The third kappa shape index (κ3) is 3.64. The van der Waals surface area contributed by atoms with Gasteiger partial charge in [-0.1, -0.05) is 30.0 Å². The maximum atomic E-state index is 5.76. The van der Waals surface area contributed by atoms with Crippen LogP contribution < -0.4 is 9.47 Å². The number of aromatic nitrogens is 4. The van der Waals surface area contributed by atoms with E-state index < -0.39 is 0 Å². The van der Waals surface area contributed by atoms with Crippen molar-refractivity contribution < 1.29 is 9.47 Å². The summed E-state index contributed by atoms with van der Waals surface area (Å²) in [6.07, 6.45) is 1.98. The Labute approximate surface area is 161 Å². The average Bonchev–Trinajstić information content (AvgIpc) is 3.29. The third-order valence-corrected chi connectivity index (χ3v) is 5.29. The van der Waals surface area contributed by atoms with Crippen LogP contribution in [0.15, 0.2) is 59.9 Å². The number of thioether (sulfide) groups is 1. The molecule has 1 N–H and O–H groups in total. The second-order valence-electron chi connectivity index (χ2n) is 5.99. The Balaban J connectivity index is 1.39. The highest BCUT2D eigenvalue weighted by molar-refractivity contribution is 7.99. The molecule has 7 heteroatoms. The zero-order valence-corrected chi connectivity index (χ0v) is 16.0. The topological polar surface area (TPSA) is 65.0 Å². The van der Waals surface area contributed by atoms with E-state index >= 15 is 0 Å². The van der Waals surface area contributed by atoms with Crippen LogP contribution in [0, 0.1) is 0 Å². The van der Waals surface area contributed by atoms with Crippen molar-refractivity contribution in [3.05, 3.63) is 54.7 Å². The molecule has 138 valence electrons. The molecule has 0 radical (unpaired) electrons. The van der Waals surface area contributed by atoms with Crippen molar-refractivity contribution in [3.63, 3.8) is 0 Å². The van der Waals surface area contributed by atoms with E-state index in [-0.39, 0.29) is 0 Å². The quantitative estimate of drug-likeness (QED) is 0.386. The van der Waals surface area contributed by atoms with Crippen molar-refractivity contribution in [1.82, 2.24) is 19.7 Å². The van der Waals surface area contributed by atoms with E-state index in [0.29, 0.717) is 6.61 Å². The fraction of sp³-hybridized carbons (Fsp3) is 0.200. The van der Waals surface area contributed by atoms with E-state index in [1.165, 1.54) is 0 Å². The Morgan fingerprint density at radius 2 is 1.81 bits per heavy atom. The van der Waals surface area contributed by atoms with Gasteiger partial charge in [0.05, 0.1) is 13.7 Å². The summed E-state index contributed by atoms with van der Waals surface area (Å²) in [6, 6.07) is 15.8. The number of methoxy groups -OCH3 is 1. The molecule has 4 aromatic rings. The van der Waals surface area contributed by atoms with Crippen LogP contribution >= 0.6 is 11.8 Å². The molecule has 0 aliphatic rings. The Morgan fingerprint density at radius 1 is 1.04 bits per heavy atom. The van der Waals surface area contributed by atoms with E-state index in [1.54, 1.807) is 18.9 Å². The number of benzene rings is 2. The lowest BCUT2D eigenvalue weighted by Gasteiger charge is -2.07. The molecule has 27 heavy (non-hydrogen) atoms. The Bertz CT molecular complexity index is 1040. The lowest BCUT2D eigenvalue weighted by molar-refractivity contribution is 0.342. The highest BCUT2D eigenvalue weighted by Crippen LogP contribution is 2.29. The van der Waals surface area contributed by atoms with Gasteiger partial charge in [0.15, 0.2) is 11.0 Å². The summed E-state index contributed by atoms with van der Waals surface area (Å²) in [7, 11) is 3.64. The van der Waals surface area contributed by atoms with Crippen molar-refractivity contribution >= 4 is 22.7 Å². The Morgan fingerprint density at radius 3 is 2.63 bits per heavy atom. The van der Waals surface area contributed by atoms with Gasteiger partial charge in [-0.3, -0.25) is 0 Å². The Hall–Kier alpha value is -2.93. The number of hydrogen-bond acceptors (Lipinski definition) is 5. The van der Waals surface area contributed by atoms with E-state index in [0.717, 1.165) is 44.7 Å². The molecule has 0 aliphatic heterocycles. The molecule has 0 saturated carbocycles. The van der Waals surface area contributed by atoms with Gasteiger partial charge in [-0.2, -0.15) is 0 Å². The minimum atomic E-state index is 0.590. The van der Waals surface area contributed by atoms with Crippen molar-refractivity contribution in [3.8, 4) is 22.9 Å². The highest BCUT2D eigenvalue weighted by atomic mass is 32.2. The average molecular weight is 380 g/mol. The van der Waals surface area contributed by atoms with Gasteiger partial charge >= 0.3 is 0 Å². The van der Waals surface area contributed by atoms with Crippen LogP contribution in [0.4, 0.5) is 0 Å².